The third kappa shape index (κ3) is 3.73. The van der Waals surface area contributed by atoms with Gasteiger partial charge in [0.05, 0.1) is 11.5 Å². The normalized spacial score (nSPS) is 12.8. The number of oxazole rings is 1. The smallest absolute Gasteiger partial charge is 0.316 e. The number of hydrogen-bond acceptors (Lipinski definition) is 7. The van der Waals surface area contributed by atoms with Gasteiger partial charge in [-0.3, -0.25) is 0 Å². The third-order valence-electron chi connectivity index (χ3n) is 2.84. The molecule has 2 N–H and O–H groups in total. The van der Waals surface area contributed by atoms with Crippen molar-refractivity contribution in [3.63, 3.8) is 0 Å². The molecule has 0 fully saturated rings. The zero-order chi connectivity index (χ0) is 15.7. The fourth-order valence-electron chi connectivity index (χ4n) is 1.79. The highest BCUT2D eigenvalue weighted by Gasteiger charge is 2.24. The van der Waals surface area contributed by atoms with E-state index >= 15 is 0 Å². The van der Waals surface area contributed by atoms with Crippen molar-refractivity contribution in [2.24, 2.45) is 0 Å². The standard InChI is InChI=1S/C12H16N2O5S2/c1-2-5-20(15,16)6-7-21(17,18)12-14-10-8-9(13)3-4-11(10)19-12/h3-4,8H,2,5-7,13H2,1H3. The van der Waals surface area contributed by atoms with E-state index in [9.17, 15) is 16.8 Å². The maximum absolute atomic E-state index is 12.1. The Balaban J connectivity index is 2.25. The largest absolute Gasteiger partial charge is 0.428 e. The summed E-state index contributed by atoms with van der Waals surface area (Å²) in [5.74, 6) is -1.02. The van der Waals surface area contributed by atoms with Gasteiger partial charge in [-0.25, -0.2) is 16.8 Å². The highest BCUT2D eigenvalue weighted by Crippen LogP contribution is 2.21. The second kappa shape index (κ2) is 5.64. The van der Waals surface area contributed by atoms with Crippen LogP contribution < -0.4 is 5.73 Å². The molecule has 0 bridgehead atoms. The second-order valence-electron chi connectivity index (χ2n) is 4.68. The Bertz CT molecular complexity index is 853. The monoisotopic (exact) mass is 332 g/mol. The van der Waals surface area contributed by atoms with E-state index in [0.717, 1.165) is 0 Å². The fraction of sp³-hybridized carbons (Fsp3) is 0.417. The molecule has 1 aromatic heterocycles. The van der Waals surface area contributed by atoms with Gasteiger partial charge in [0, 0.05) is 11.4 Å². The minimum absolute atomic E-state index is 0.0351. The predicted octanol–water partition coefficient (Wildman–Crippen LogP) is 1.01. The molecule has 0 aliphatic carbocycles. The third-order valence-corrected chi connectivity index (χ3v) is 6.40. The summed E-state index contributed by atoms with van der Waals surface area (Å²) in [6, 6.07) is 4.58. The van der Waals surface area contributed by atoms with Gasteiger partial charge in [-0.15, -0.1) is 0 Å². The molecule has 0 spiro atoms. The molecule has 1 heterocycles. The Morgan fingerprint density at radius 1 is 1.14 bits per heavy atom. The number of aromatic nitrogens is 1. The van der Waals surface area contributed by atoms with Crippen LogP contribution in [0.15, 0.2) is 27.8 Å². The number of rotatable bonds is 6. The van der Waals surface area contributed by atoms with E-state index in [0.29, 0.717) is 23.2 Å². The first-order valence-electron chi connectivity index (χ1n) is 6.33. The Morgan fingerprint density at radius 3 is 2.52 bits per heavy atom. The van der Waals surface area contributed by atoms with Gasteiger partial charge in [0.2, 0.25) is 9.84 Å². The van der Waals surface area contributed by atoms with Crippen molar-refractivity contribution in [2.75, 3.05) is 23.0 Å². The summed E-state index contributed by atoms with van der Waals surface area (Å²) in [6.45, 7) is 1.72. The van der Waals surface area contributed by atoms with Crippen molar-refractivity contribution < 1.29 is 21.3 Å². The van der Waals surface area contributed by atoms with Crippen LogP contribution in [0.4, 0.5) is 5.69 Å². The Hall–Kier alpha value is -1.61. The van der Waals surface area contributed by atoms with E-state index in [1.807, 2.05) is 0 Å². The summed E-state index contributed by atoms with van der Waals surface area (Å²) in [5, 5.41) is -0.477. The molecule has 0 aliphatic rings. The van der Waals surface area contributed by atoms with Crippen LogP contribution in [-0.2, 0) is 19.7 Å². The van der Waals surface area contributed by atoms with Gasteiger partial charge in [0.15, 0.2) is 15.4 Å². The van der Waals surface area contributed by atoms with Gasteiger partial charge in [-0.2, -0.15) is 4.98 Å². The lowest BCUT2D eigenvalue weighted by Gasteiger charge is -2.01. The zero-order valence-corrected chi connectivity index (χ0v) is 13.1. The lowest BCUT2D eigenvalue weighted by molar-refractivity contribution is 0.459. The van der Waals surface area contributed by atoms with Crippen molar-refractivity contribution in [1.82, 2.24) is 4.98 Å². The van der Waals surface area contributed by atoms with E-state index in [1.54, 1.807) is 13.0 Å². The van der Waals surface area contributed by atoms with Crippen molar-refractivity contribution in [3.05, 3.63) is 18.2 Å². The van der Waals surface area contributed by atoms with E-state index in [4.69, 9.17) is 10.2 Å². The van der Waals surface area contributed by atoms with Crippen LogP contribution in [0.5, 0.6) is 0 Å². The van der Waals surface area contributed by atoms with E-state index in [1.165, 1.54) is 12.1 Å². The molecule has 1 aromatic carbocycles. The number of hydrogen-bond donors (Lipinski definition) is 1. The van der Waals surface area contributed by atoms with Crippen LogP contribution in [0.1, 0.15) is 13.3 Å². The average molecular weight is 332 g/mol. The van der Waals surface area contributed by atoms with Gasteiger partial charge < -0.3 is 10.2 Å². The van der Waals surface area contributed by atoms with Gasteiger partial charge in [0.25, 0.3) is 0 Å². The first kappa shape index (κ1) is 15.8. The topological polar surface area (TPSA) is 120 Å². The Kier molecular flexibility index (Phi) is 4.24. The molecule has 21 heavy (non-hydrogen) atoms. The van der Waals surface area contributed by atoms with E-state index in [2.05, 4.69) is 4.98 Å². The predicted molar refractivity (Wildman–Crippen MR) is 79.4 cm³/mol. The Labute approximate surface area is 123 Å². The Morgan fingerprint density at radius 2 is 1.86 bits per heavy atom. The number of anilines is 1. The molecule has 0 saturated carbocycles. The lowest BCUT2D eigenvalue weighted by Crippen LogP contribution is -2.19. The first-order valence-corrected chi connectivity index (χ1v) is 9.80. The molecule has 0 radical (unpaired) electrons. The second-order valence-corrected chi connectivity index (χ2v) is 8.97. The minimum atomic E-state index is -3.88. The number of nitrogen functional groups attached to an aromatic ring is 1. The average Bonchev–Trinajstić information content (AvgIpc) is 2.80. The molecule has 0 aliphatic heterocycles. The number of nitrogens with zero attached hydrogens (tertiary/aromatic N) is 1. The summed E-state index contributed by atoms with van der Waals surface area (Å²) in [5.41, 5.74) is 6.63. The number of fused-ring (bicyclic) bond motifs is 1. The highest BCUT2D eigenvalue weighted by atomic mass is 32.2. The number of sulfone groups is 2. The van der Waals surface area contributed by atoms with E-state index < -0.39 is 36.4 Å². The molecule has 2 rings (SSSR count). The van der Waals surface area contributed by atoms with Gasteiger partial charge in [-0.05, 0) is 24.6 Å². The molecule has 9 heteroatoms. The number of nitrogens with two attached hydrogens (primary N) is 1. The van der Waals surface area contributed by atoms with Gasteiger partial charge in [-0.1, -0.05) is 6.92 Å². The molecule has 7 nitrogen and oxygen atoms in total. The van der Waals surface area contributed by atoms with Crippen molar-refractivity contribution >= 4 is 36.5 Å². The molecule has 0 unspecified atom stereocenters. The van der Waals surface area contributed by atoms with Crippen LogP contribution in [0.25, 0.3) is 11.1 Å². The van der Waals surface area contributed by atoms with Crippen LogP contribution in [0, 0.1) is 0 Å². The molecule has 116 valence electrons. The van der Waals surface area contributed by atoms with Crippen LogP contribution in [0.3, 0.4) is 0 Å². The summed E-state index contributed by atoms with van der Waals surface area (Å²) in [4.78, 5) is 3.86. The summed E-state index contributed by atoms with van der Waals surface area (Å²) < 4.78 is 52.5. The van der Waals surface area contributed by atoms with Crippen molar-refractivity contribution in [2.45, 2.75) is 18.6 Å². The quantitative estimate of drug-likeness (QED) is 0.783. The molecule has 2 aromatic rings. The SMILES string of the molecule is CCCS(=O)(=O)CCS(=O)(=O)c1nc2cc(N)ccc2o1. The zero-order valence-electron chi connectivity index (χ0n) is 11.4. The minimum Gasteiger partial charge on any atom is -0.428 e. The van der Waals surface area contributed by atoms with Crippen LogP contribution in [-0.4, -0.2) is 39.1 Å². The van der Waals surface area contributed by atoms with E-state index in [-0.39, 0.29) is 5.75 Å². The van der Waals surface area contributed by atoms with Gasteiger partial charge in [0.1, 0.15) is 5.52 Å². The fourth-order valence-corrected chi connectivity index (χ4v) is 5.14. The maximum Gasteiger partial charge on any atom is 0.316 e. The van der Waals surface area contributed by atoms with Crippen molar-refractivity contribution in [3.8, 4) is 0 Å². The van der Waals surface area contributed by atoms with Crippen LogP contribution >= 0.6 is 0 Å². The molecule has 0 amide bonds. The lowest BCUT2D eigenvalue weighted by atomic mass is 10.3. The van der Waals surface area contributed by atoms with Crippen LogP contribution in [0.2, 0.25) is 0 Å². The highest BCUT2D eigenvalue weighted by molar-refractivity contribution is 7.95. The molecular formula is C12H16N2O5S2. The number of benzene rings is 1. The first-order chi connectivity index (χ1) is 9.73. The molecule has 0 saturated heterocycles. The van der Waals surface area contributed by atoms with Gasteiger partial charge >= 0.3 is 5.22 Å². The summed E-state index contributed by atoms with van der Waals surface area (Å²) in [6.07, 6.45) is 0.449. The maximum atomic E-state index is 12.1. The molecule has 0 atom stereocenters. The van der Waals surface area contributed by atoms with Crippen molar-refractivity contribution in [1.29, 1.82) is 0 Å². The molecular weight excluding hydrogens is 316 g/mol. The summed E-state index contributed by atoms with van der Waals surface area (Å²) >= 11 is 0. The summed E-state index contributed by atoms with van der Waals surface area (Å²) in [7, 11) is -7.26.